The zero-order chi connectivity index (χ0) is 28.9. The smallest absolute Gasteiger partial charge is 0.408 e. The highest BCUT2D eigenvalue weighted by atomic mass is 32.2. The molecule has 4 atom stereocenters. The van der Waals surface area contributed by atoms with E-state index in [0.717, 1.165) is 0 Å². The summed E-state index contributed by atoms with van der Waals surface area (Å²) >= 11 is 0. The number of amides is 3. The van der Waals surface area contributed by atoms with Gasteiger partial charge in [-0.15, -0.1) is 0 Å². The Hall–Kier alpha value is -3.31. The third-order valence-corrected chi connectivity index (χ3v) is 6.28. The summed E-state index contributed by atoms with van der Waals surface area (Å²) in [5, 5.41) is 16.5. The molecule has 1 aromatic carbocycles. The first-order valence-electron chi connectivity index (χ1n) is 10.9. The lowest BCUT2D eigenvalue weighted by Crippen LogP contribution is -2.55. The fourth-order valence-corrected chi connectivity index (χ4v) is 4.03. The summed E-state index contributed by atoms with van der Waals surface area (Å²) in [5.41, 5.74) is -4.00. The standard InChI is InChI=1S/C21H24F5N3O8S/c1-8(2)5-11(29-21(33)37-7-10-13(22)15(24)17(26)16(25)14(10)23)19(31)28-12(20(32)38(34,35)36)6-9-3-4-27-18(9)30/h3-4,8-9,11-12,20,32H,5-7H2,1-2H3,(H,27,30)(H,28,31)(H,29,33)(H,34,35,36)/t9-,11-,12-,20-/m0/s1. The van der Waals surface area contributed by atoms with Crippen LogP contribution in [0.3, 0.4) is 0 Å². The quantitative estimate of drug-likeness (QED) is 0.114. The second-order valence-electron chi connectivity index (χ2n) is 8.68. The Labute approximate surface area is 213 Å². The molecule has 0 aromatic heterocycles. The van der Waals surface area contributed by atoms with Crippen LogP contribution in [0.2, 0.25) is 0 Å². The number of aliphatic hydroxyl groups is 1. The highest BCUT2D eigenvalue weighted by Crippen LogP contribution is 2.24. The Balaban J connectivity index is 2.18. The minimum atomic E-state index is -5.12. The van der Waals surface area contributed by atoms with Gasteiger partial charge in [0.1, 0.15) is 12.6 Å². The van der Waals surface area contributed by atoms with E-state index in [1.54, 1.807) is 13.8 Å². The molecule has 0 saturated carbocycles. The Bertz CT molecular complexity index is 1200. The first kappa shape index (κ1) is 30.9. The van der Waals surface area contributed by atoms with Crippen LogP contribution in [-0.2, 0) is 31.1 Å². The van der Waals surface area contributed by atoms with Crippen LogP contribution in [0.25, 0.3) is 0 Å². The van der Waals surface area contributed by atoms with E-state index in [4.69, 9.17) is 0 Å². The van der Waals surface area contributed by atoms with Gasteiger partial charge in [0.15, 0.2) is 23.3 Å². The fourth-order valence-electron chi connectivity index (χ4n) is 3.44. The highest BCUT2D eigenvalue weighted by molar-refractivity contribution is 7.86. The van der Waals surface area contributed by atoms with Gasteiger partial charge in [-0.2, -0.15) is 8.42 Å². The molecule has 0 spiro atoms. The van der Waals surface area contributed by atoms with E-state index in [-0.39, 0.29) is 12.3 Å². The third-order valence-electron chi connectivity index (χ3n) is 5.34. The van der Waals surface area contributed by atoms with Crippen molar-refractivity contribution in [2.24, 2.45) is 11.8 Å². The topological polar surface area (TPSA) is 171 Å². The van der Waals surface area contributed by atoms with E-state index in [0.29, 0.717) is 0 Å². The summed E-state index contributed by atoms with van der Waals surface area (Å²) in [5.74, 6) is -14.4. The maximum Gasteiger partial charge on any atom is 0.408 e. The molecule has 1 aromatic rings. The molecule has 1 heterocycles. The zero-order valence-electron chi connectivity index (χ0n) is 19.8. The van der Waals surface area contributed by atoms with Crippen molar-refractivity contribution >= 4 is 28.0 Å². The van der Waals surface area contributed by atoms with Crippen molar-refractivity contribution in [3.63, 3.8) is 0 Å². The summed E-state index contributed by atoms with van der Waals surface area (Å²) < 4.78 is 104. The van der Waals surface area contributed by atoms with Gasteiger partial charge in [-0.1, -0.05) is 19.9 Å². The van der Waals surface area contributed by atoms with Crippen LogP contribution in [0.5, 0.6) is 0 Å². The minimum Gasteiger partial charge on any atom is -0.444 e. The van der Waals surface area contributed by atoms with Gasteiger partial charge in [-0.05, 0) is 18.8 Å². The normalized spacial score (nSPS) is 17.6. The van der Waals surface area contributed by atoms with Crippen LogP contribution >= 0.6 is 0 Å². The number of hydrogen-bond donors (Lipinski definition) is 5. The predicted octanol–water partition coefficient (Wildman–Crippen LogP) is 1.36. The molecule has 0 unspecified atom stereocenters. The SMILES string of the molecule is CC(C)C[C@H](NC(=O)OCc1c(F)c(F)c(F)c(F)c1F)C(=O)N[C@@H](C[C@@H]1C=CNC1=O)[C@@H](O)S(=O)(=O)O. The number of halogens is 5. The van der Waals surface area contributed by atoms with Gasteiger partial charge >= 0.3 is 6.09 Å². The Morgan fingerprint density at radius 1 is 1.05 bits per heavy atom. The van der Waals surface area contributed by atoms with Gasteiger partial charge < -0.3 is 25.8 Å². The molecule has 2 rings (SSSR count). The van der Waals surface area contributed by atoms with Crippen LogP contribution in [-0.4, -0.2) is 53.5 Å². The molecule has 38 heavy (non-hydrogen) atoms. The van der Waals surface area contributed by atoms with E-state index in [1.807, 2.05) is 5.32 Å². The minimum absolute atomic E-state index is 0.137. The number of aliphatic hydroxyl groups excluding tert-OH is 1. The average Bonchev–Trinajstić information content (AvgIpc) is 3.23. The molecular formula is C21H24F5N3O8S. The molecule has 11 nitrogen and oxygen atoms in total. The van der Waals surface area contributed by atoms with Crippen molar-refractivity contribution in [3.05, 3.63) is 46.9 Å². The van der Waals surface area contributed by atoms with Crippen molar-refractivity contribution in [1.29, 1.82) is 0 Å². The fraction of sp³-hybridized carbons (Fsp3) is 0.476. The Morgan fingerprint density at radius 3 is 2.08 bits per heavy atom. The lowest BCUT2D eigenvalue weighted by atomic mass is 9.99. The zero-order valence-corrected chi connectivity index (χ0v) is 20.6. The number of benzene rings is 1. The number of nitrogens with one attached hydrogen (secondary N) is 3. The van der Waals surface area contributed by atoms with Gasteiger partial charge in [-0.25, -0.2) is 26.7 Å². The van der Waals surface area contributed by atoms with E-state index in [2.05, 4.69) is 15.4 Å². The molecule has 1 aliphatic heterocycles. The molecule has 1 aliphatic rings. The maximum absolute atomic E-state index is 13.8. The molecule has 0 saturated heterocycles. The molecule has 3 amide bonds. The van der Waals surface area contributed by atoms with Gasteiger partial charge in [0.2, 0.25) is 23.1 Å². The number of carbonyl (C=O) groups excluding carboxylic acids is 3. The number of carbonyl (C=O) groups is 3. The predicted molar refractivity (Wildman–Crippen MR) is 118 cm³/mol. The first-order valence-corrected chi connectivity index (χ1v) is 12.4. The summed E-state index contributed by atoms with van der Waals surface area (Å²) in [7, 11) is -5.12. The lowest BCUT2D eigenvalue weighted by Gasteiger charge is -2.27. The molecule has 17 heteroatoms. The number of ether oxygens (including phenoxy) is 1. The van der Waals surface area contributed by atoms with Crippen molar-refractivity contribution in [1.82, 2.24) is 16.0 Å². The monoisotopic (exact) mass is 573 g/mol. The highest BCUT2D eigenvalue weighted by Gasteiger charge is 2.37. The summed E-state index contributed by atoms with van der Waals surface area (Å²) in [4.78, 5) is 36.9. The Kier molecular flexibility index (Phi) is 10.2. The number of alkyl carbamates (subject to hydrolysis) is 1. The van der Waals surface area contributed by atoms with Crippen molar-refractivity contribution < 1.29 is 59.1 Å². The summed E-state index contributed by atoms with van der Waals surface area (Å²) in [6.07, 6.45) is 0.435. The van der Waals surface area contributed by atoms with Gasteiger partial charge in [0.05, 0.1) is 17.5 Å². The van der Waals surface area contributed by atoms with Crippen LogP contribution in [0.1, 0.15) is 32.3 Å². The molecule has 0 radical (unpaired) electrons. The maximum atomic E-state index is 13.8. The largest absolute Gasteiger partial charge is 0.444 e. The van der Waals surface area contributed by atoms with Crippen molar-refractivity contribution in [2.45, 2.75) is 50.8 Å². The van der Waals surface area contributed by atoms with Crippen LogP contribution in [0.15, 0.2) is 12.3 Å². The molecule has 0 fully saturated rings. The molecular weight excluding hydrogens is 549 g/mol. The van der Waals surface area contributed by atoms with Crippen LogP contribution in [0, 0.1) is 40.9 Å². The second kappa shape index (κ2) is 12.5. The van der Waals surface area contributed by atoms with Gasteiger partial charge in [0, 0.05) is 6.20 Å². The van der Waals surface area contributed by atoms with Crippen molar-refractivity contribution in [3.8, 4) is 0 Å². The van der Waals surface area contributed by atoms with E-state index >= 15 is 0 Å². The molecule has 0 aliphatic carbocycles. The summed E-state index contributed by atoms with van der Waals surface area (Å²) in [6.45, 7) is 1.82. The summed E-state index contributed by atoms with van der Waals surface area (Å²) in [6, 6.07) is -3.26. The first-order chi connectivity index (χ1) is 17.5. The van der Waals surface area contributed by atoms with Crippen LogP contribution in [0.4, 0.5) is 26.7 Å². The molecule has 5 N–H and O–H groups in total. The van der Waals surface area contributed by atoms with Gasteiger partial charge in [0.25, 0.3) is 10.1 Å². The van der Waals surface area contributed by atoms with E-state index in [9.17, 15) is 54.4 Å². The van der Waals surface area contributed by atoms with E-state index in [1.165, 1.54) is 12.3 Å². The van der Waals surface area contributed by atoms with Gasteiger partial charge in [-0.3, -0.25) is 14.1 Å². The number of rotatable bonds is 11. The number of hydrogen-bond acceptors (Lipinski definition) is 7. The average molecular weight is 573 g/mol. The Morgan fingerprint density at radius 2 is 1.61 bits per heavy atom. The van der Waals surface area contributed by atoms with Crippen LogP contribution < -0.4 is 16.0 Å². The lowest BCUT2D eigenvalue weighted by molar-refractivity contribution is -0.126. The third kappa shape index (κ3) is 7.61. The van der Waals surface area contributed by atoms with Crippen molar-refractivity contribution in [2.75, 3.05) is 0 Å². The molecule has 212 valence electrons. The second-order valence-corrected chi connectivity index (χ2v) is 10.2. The molecule has 0 bridgehead atoms. The van der Waals surface area contributed by atoms with E-state index < -0.39 is 99.1 Å².